The smallest absolute Gasteiger partial charge is 0.0762 e. The Morgan fingerprint density at radius 2 is 2.10 bits per heavy atom. The SMILES string of the molecule is CCCCOCCCNCc1ccn(C2CCCC2)n1. The molecule has 4 nitrogen and oxygen atoms in total. The quantitative estimate of drug-likeness (QED) is 0.668. The zero-order valence-corrected chi connectivity index (χ0v) is 12.8. The van der Waals surface area contributed by atoms with Crippen LogP contribution in [0.4, 0.5) is 0 Å². The van der Waals surface area contributed by atoms with Gasteiger partial charge in [-0.25, -0.2) is 0 Å². The molecule has 114 valence electrons. The maximum absolute atomic E-state index is 5.54. The van der Waals surface area contributed by atoms with E-state index in [1.54, 1.807) is 0 Å². The van der Waals surface area contributed by atoms with Crippen molar-refractivity contribution in [2.75, 3.05) is 19.8 Å². The molecule has 1 N–H and O–H groups in total. The summed E-state index contributed by atoms with van der Waals surface area (Å²) in [6, 6.07) is 2.79. The highest BCUT2D eigenvalue weighted by molar-refractivity contribution is 4.99. The molecule has 1 heterocycles. The van der Waals surface area contributed by atoms with Gasteiger partial charge in [0.15, 0.2) is 0 Å². The Hall–Kier alpha value is -0.870. The molecule has 1 fully saturated rings. The zero-order valence-electron chi connectivity index (χ0n) is 12.8. The highest BCUT2D eigenvalue weighted by Crippen LogP contribution is 2.28. The van der Waals surface area contributed by atoms with Crippen LogP contribution in [-0.4, -0.2) is 29.5 Å². The van der Waals surface area contributed by atoms with Gasteiger partial charge in [0.25, 0.3) is 0 Å². The van der Waals surface area contributed by atoms with Gasteiger partial charge in [-0.2, -0.15) is 5.10 Å². The highest BCUT2D eigenvalue weighted by atomic mass is 16.5. The van der Waals surface area contributed by atoms with Crippen LogP contribution in [0, 0.1) is 0 Å². The minimum atomic E-state index is 0.649. The van der Waals surface area contributed by atoms with E-state index < -0.39 is 0 Å². The molecule has 0 bridgehead atoms. The molecule has 0 aromatic carbocycles. The molecule has 1 aromatic heterocycles. The van der Waals surface area contributed by atoms with E-state index in [9.17, 15) is 0 Å². The van der Waals surface area contributed by atoms with Crippen LogP contribution in [0.5, 0.6) is 0 Å². The Kier molecular flexibility index (Phi) is 7.09. The summed E-state index contributed by atoms with van der Waals surface area (Å²) in [7, 11) is 0. The number of aromatic nitrogens is 2. The predicted octanol–water partition coefficient (Wildman–Crippen LogP) is 3.29. The van der Waals surface area contributed by atoms with Crippen molar-refractivity contribution < 1.29 is 4.74 Å². The zero-order chi connectivity index (χ0) is 14.0. The van der Waals surface area contributed by atoms with Gasteiger partial charge >= 0.3 is 0 Å². The molecule has 0 amide bonds. The molecule has 0 spiro atoms. The molecule has 0 saturated heterocycles. The van der Waals surface area contributed by atoms with Crippen molar-refractivity contribution in [3.63, 3.8) is 0 Å². The van der Waals surface area contributed by atoms with Crippen LogP contribution in [0.25, 0.3) is 0 Å². The molecule has 20 heavy (non-hydrogen) atoms. The third-order valence-corrected chi connectivity index (χ3v) is 3.95. The molecule has 4 heteroatoms. The van der Waals surface area contributed by atoms with Gasteiger partial charge in [0, 0.05) is 26.0 Å². The van der Waals surface area contributed by atoms with Gasteiger partial charge in [-0.05, 0) is 38.3 Å². The average Bonchev–Trinajstić information content (AvgIpc) is 3.12. The van der Waals surface area contributed by atoms with E-state index in [1.165, 1.54) is 38.5 Å². The fourth-order valence-electron chi connectivity index (χ4n) is 2.71. The molecule has 2 rings (SSSR count). The van der Waals surface area contributed by atoms with Crippen molar-refractivity contribution >= 4 is 0 Å². The van der Waals surface area contributed by atoms with Crippen molar-refractivity contribution in [3.8, 4) is 0 Å². The molecule has 1 aliphatic rings. The maximum Gasteiger partial charge on any atom is 0.0762 e. The van der Waals surface area contributed by atoms with Gasteiger partial charge in [0.2, 0.25) is 0 Å². The molecule has 0 aliphatic heterocycles. The minimum Gasteiger partial charge on any atom is -0.381 e. The summed E-state index contributed by atoms with van der Waals surface area (Å²) in [4.78, 5) is 0. The normalized spacial score (nSPS) is 16.1. The van der Waals surface area contributed by atoms with Crippen LogP contribution in [0.3, 0.4) is 0 Å². The van der Waals surface area contributed by atoms with Crippen LogP contribution < -0.4 is 5.32 Å². The topological polar surface area (TPSA) is 39.1 Å². The Morgan fingerprint density at radius 1 is 1.30 bits per heavy atom. The van der Waals surface area contributed by atoms with E-state index in [1.807, 2.05) is 0 Å². The molecule has 1 saturated carbocycles. The maximum atomic E-state index is 5.54. The lowest BCUT2D eigenvalue weighted by molar-refractivity contribution is 0.128. The van der Waals surface area contributed by atoms with Crippen LogP contribution in [0.2, 0.25) is 0 Å². The molecular weight excluding hydrogens is 250 g/mol. The minimum absolute atomic E-state index is 0.649. The van der Waals surface area contributed by atoms with Crippen LogP contribution in [0.1, 0.15) is 63.6 Å². The van der Waals surface area contributed by atoms with E-state index in [-0.39, 0.29) is 0 Å². The average molecular weight is 279 g/mol. The van der Waals surface area contributed by atoms with Gasteiger partial charge in [-0.15, -0.1) is 0 Å². The Labute approximate surface area is 122 Å². The lowest BCUT2D eigenvalue weighted by Gasteiger charge is -2.09. The van der Waals surface area contributed by atoms with Crippen molar-refractivity contribution in [1.82, 2.24) is 15.1 Å². The van der Waals surface area contributed by atoms with E-state index in [2.05, 4.69) is 34.3 Å². The summed E-state index contributed by atoms with van der Waals surface area (Å²) >= 11 is 0. The summed E-state index contributed by atoms with van der Waals surface area (Å²) in [5.41, 5.74) is 1.16. The molecule has 0 atom stereocenters. The Balaban J connectivity index is 1.53. The van der Waals surface area contributed by atoms with Gasteiger partial charge in [-0.1, -0.05) is 26.2 Å². The van der Waals surface area contributed by atoms with E-state index in [4.69, 9.17) is 4.74 Å². The standard InChI is InChI=1S/C16H29N3O/c1-2-3-12-20-13-6-10-17-14-15-9-11-19(18-15)16-7-4-5-8-16/h9,11,16-17H,2-8,10,12-14H2,1H3. The predicted molar refractivity (Wildman–Crippen MR) is 81.8 cm³/mol. The molecular formula is C16H29N3O. The number of nitrogens with zero attached hydrogens (tertiary/aromatic N) is 2. The number of unbranched alkanes of at least 4 members (excludes halogenated alkanes) is 1. The molecule has 1 aliphatic carbocycles. The van der Waals surface area contributed by atoms with E-state index in [0.717, 1.165) is 38.4 Å². The van der Waals surface area contributed by atoms with Crippen molar-refractivity contribution in [1.29, 1.82) is 0 Å². The third-order valence-electron chi connectivity index (χ3n) is 3.95. The van der Waals surface area contributed by atoms with Crippen molar-refractivity contribution in [2.45, 2.75) is 64.5 Å². The number of ether oxygens (including phenoxy) is 1. The number of rotatable bonds is 10. The first-order valence-electron chi connectivity index (χ1n) is 8.22. The number of nitrogens with one attached hydrogen (secondary N) is 1. The first-order valence-corrected chi connectivity index (χ1v) is 8.22. The van der Waals surface area contributed by atoms with Crippen LogP contribution in [-0.2, 0) is 11.3 Å². The second-order valence-corrected chi connectivity index (χ2v) is 5.72. The fraction of sp³-hybridized carbons (Fsp3) is 0.812. The summed E-state index contributed by atoms with van der Waals surface area (Å²) in [5.74, 6) is 0. The van der Waals surface area contributed by atoms with Crippen LogP contribution >= 0.6 is 0 Å². The first-order chi connectivity index (χ1) is 9.90. The van der Waals surface area contributed by atoms with E-state index >= 15 is 0 Å². The summed E-state index contributed by atoms with van der Waals surface area (Å²) in [6.45, 7) is 5.83. The largest absolute Gasteiger partial charge is 0.381 e. The van der Waals surface area contributed by atoms with Gasteiger partial charge in [-0.3, -0.25) is 4.68 Å². The highest BCUT2D eigenvalue weighted by Gasteiger charge is 2.17. The van der Waals surface area contributed by atoms with Crippen LogP contribution in [0.15, 0.2) is 12.3 Å². The molecule has 0 unspecified atom stereocenters. The van der Waals surface area contributed by atoms with Crippen molar-refractivity contribution in [3.05, 3.63) is 18.0 Å². The van der Waals surface area contributed by atoms with Crippen molar-refractivity contribution in [2.24, 2.45) is 0 Å². The second-order valence-electron chi connectivity index (χ2n) is 5.72. The third kappa shape index (κ3) is 5.25. The second kappa shape index (κ2) is 9.14. The summed E-state index contributed by atoms with van der Waals surface area (Å²) in [6.07, 6.45) is 10.9. The van der Waals surface area contributed by atoms with Gasteiger partial charge < -0.3 is 10.1 Å². The number of hydrogen-bond donors (Lipinski definition) is 1. The fourth-order valence-corrected chi connectivity index (χ4v) is 2.71. The van der Waals surface area contributed by atoms with Gasteiger partial charge in [0.1, 0.15) is 0 Å². The summed E-state index contributed by atoms with van der Waals surface area (Å²) < 4.78 is 7.70. The monoisotopic (exact) mass is 279 g/mol. The lowest BCUT2D eigenvalue weighted by Crippen LogP contribution is -2.17. The Bertz CT molecular complexity index is 358. The Morgan fingerprint density at radius 3 is 2.90 bits per heavy atom. The summed E-state index contributed by atoms with van der Waals surface area (Å²) in [5, 5.41) is 8.11. The molecule has 0 radical (unpaired) electrons. The lowest BCUT2D eigenvalue weighted by atomic mass is 10.3. The van der Waals surface area contributed by atoms with Gasteiger partial charge in [0.05, 0.1) is 11.7 Å². The first kappa shape index (κ1) is 15.5. The molecule has 1 aromatic rings. The van der Waals surface area contributed by atoms with E-state index in [0.29, 0.717) is 6.04 Å². The number of hydrogen-bond acceptors (Lipinski definition) is 3.